The van der Waals surface area contributed by atoms with E-state index in [1.165, 1.54) is 12.1 Å². The average Bonchev–Trinajstić information content (AvgIpc) is 2.86. The number of carbonyl (C=O) groups is 5. The molecule has 0 saturated heterocycles. The Hall–Kier alpha value is -4.45. The van der Waals surface area contributed by atoms with Gasteiger partial charge in [0, 0.05) is 12.8 Å². The fourth-order valence-corrected chi connectivity index (χ4v) is 3.43. The third-order valence-electron chi connectivity index (χ3n) is 5.37. The Morgan fingerprint density at radius 1 is 0.784 bits per heavy atom. The summed E-state index contributed by atoms with van der Waals surface area (Å²) in [5.74, 6) is -4.09. The van der Waals surface area contributed by atoms with Gasteiger partial charge >= 0.3 is 5.97 Å². The second-order valence-corrected chi connectivity index (χ2v) is 8.41. The lowest BCUT2D eigenvalue weighted by Crippen LogP contribution is -2.57. The summed E-state index contributed by atoms with van der Waals surface area (Å²) >= 11 is 0. The molecule has 0 bridgehead atoms. The molecule has 9 N–H and O–H groups in total. The first-order valence-corrected chi connectivity index (χ1v) is 11.5. The lowest BCUT2D eigenvalue weighted by Gasteiger charge is -2.24. The largest absolute Gasteiger partial charge is 0.508 e. The normalized spacial score (nSPS) is 13.0. The number of hydrogen-bond donors (Lipinski definition) is 7. The van der Waals surface area contributed by atoms with Crippen LogP contribution in [0.5, 0.6) is 5.75 Å². The highest BCUT2D eigenvalue weighted by atomic mass is 16.4. The zero-order chi connectivity index (χ0) is 27.4. The molecule has 2 rings (SSSR count). The molecule has 0 aliphatic carbocycles. The van der Waals surface area contributed by atoms with Crippen molar-refractivity contribution in [3.8, 4) is 5.75 Å². The van der Waals surface area contributed by atoms with Gasteiger partial charge in [-0.2, -0.15) is 0 Å². The van der Waals surface area contributed by atoms with Gasteiger partial charge < -0.3 is 37.6 Å². The zero-order valence-electron chi connectivity index (χ0n) is 20.1. The molecule has 0 radical (unpaired) electrons. The summed E-state index contributed by atoms with van der Waals surface area (Å²) in [5.41, 5.74) is 12.6. The maximum absolute atomic E-state index is 13.2. The molecule has 0 heterocycles. The summed E-state index contributed by atoms with van der Waals surface area (Å²) in [5, 5.41) is 25.5. The second-order valence-electron chi connectivity index (χ2n) is 8.41. The summed E-state index contributed by atoms with van der Waals surface area (Å²) in [6, 6.07) is 11.6. The van der Waals surface area contributed by atoms with Crippen LogP contribution in [0.25, 0.3) is 0 Å². The molecule has 12 nitrogen and oxygen atoms in total. The van der Waals surface area contributed by atoms with E-state index in [1.807, 2.05) is 0 Å². The highest BCUT2D eigenvalue weighted by molar-refractivity contribution is 5.94. The molecule has 0 fully saturated rings. The number of hydrogen-bond acceptors (Lipinski definition) is 7. The quantitative estimate of drug-likeness (QED) is 0.165. The van der Waals surface area contributed by atoms with Crippen molar-refractivity contribution in [2.24, 2.45) is 11.5 Å². The average molecular weight is 514 g/mol. The van der Waals surface area contributed by atoms with E-state index in [4.69, 9.17) is 16.6 Å². The first-order chi connectivity index (χ1) is 17.5. The van der Waals surface area contributed by atoms with Crippen molar-refractivity contribution in [1.29, 1.82) is 0 Å². The Labute approximate surface area is 213 Å². The predicted octanol–water partition coefficient (Wildman–Crippen LogP) is -1.06. The molecule has 0 spiro atoms. The third-order valence-corrected chi connectivity index (χ3v) is 5.37. The lowest BCUT2D eigenvalue weighted by atomic mass is 10.0. The Balaban J connectivity index is 2.17. The number of carboxylic acid groups (broad SMARTS) is 1. The number of nitrogens with two attached hydrogens (primary N) is 2. The van der Waals surface area contributed by atoms with E-state index in [1.54, 1.807) is 42.5 Å². The smallest absolute Gasteiger partial charge is 0.322 e. The number of phenols is 1. The van der Waals surface area contributed by atoms with Gasteiger partial charge in [0.25, 0.3) is 0 Å². The minimum absolute atomic E-state index is 0.0691. The second kappa shape index (κ2) is 14.2. The van der Waals surface area contributed by atoms with E-state index in [-0.39, 0.29) is 31.4 Å². The maximum atomic E-state index is 13.2. The van der Waals surface area contributed by atoms with E-state index < -0.39 is 54.3 Å². The van der Waals surface area contributed by atoms with E-state index in [0.29, 0.717) is 5.56 Å². The first kappa shape index (κ1) is 28.8. The minimum atomic E-state index is -1.29. The van der Waals surface area contributed by atoms with Crippen molar-refractivity contribution in [3.63, 3.8) is 0 Å². The van der Waals surface area contributed by atoms with E-state index in [2.05, 4.69) is 16.0 Å². The van der Waals surface area contributed by atoms with Crippen molar-refractivity contribution in [1.82, 2.24) is 16.0 Å². The summed E-state index contributed by atoms with van der Waals surface area (Å²) in [6.45, 7) is -0.682. The summed E-state index contributed by atoms with van der Waals surface area (Å²) < 4.78 is 0. The number of carbonyl (C=O) groups excluding carboxylic acids is 4. The maximum Gasteiger partial charge on any atom is 0.322 e. The van der Waals surface area contributed by atoms with Crippen molar-refractivity contribution in [2.75, 3.05) is 6.54 Å². The zero-order valence-corrected chi connectivity index (χ0v) is 20.1. The number of rotatable bonds is 14. The highest BCUT2D eigenvalue weighted by Gasteiger charge is 2.29. The van der Waals surface area contributed by atoms with E-state index >= 15 is 0 Å². The van der Waals surface area contributed by atoms with Gasteiger partial charge in [0.15, 0.2) is 0 Å². The van der Waals surface area contributed by atoms with Gasteiger partial charge in [-0.15, -0.1) is 0 Å². The monoisotopic (exact) mass is 513 g/mol. The number of aliphatic carboxylic acids is 1. The van der Waals surface area contributed by atoms with Crippen molar-refractivity contribution >= 4 is 29.6 Å². The van der Waals surface area contributed by atoms with Gasteiger partial charge in [-0.05, 0) is 36.1 Å². The van der Waals surface area contributed by atoms with Crippen molar-refractivity contribution in [3.05, 3.63) is 65.7 Å². The van der Waals surface area contributed by atoms with Crippen LogP contribution in [-0.2, 0) is 36.8 Å². The van der Waals surface area contributed by atoms with Gasteiger partial charge in [-0.1, -0.05) is 42.5 Å². The molecule has 37 heavy (non-hydrogen) atoms. The number of nitrogens with one attached hydrogen (secondary N) is 3. The number of carboxylic acids is 1. The van der Waals surface area contributed by atoms with E-state index in [9.17, 15) is 29.1 Å². The van der Waals surface area contributed by atoms with Gasteiger partial charge in [0.05, 0.1) is 6.04 Å². The molecule has 2 aromatic carbocycles. The Morgan fingerprint density at radius 2 is 1.38 bits per heavy atom. The van der Waals surface area contributed by atoms with Crippen LogP contribution in [0.4, 0.5) is 0 Å². The van der Waals surface area contributed by atoms with Crippen LogP contribution in [0.2, 0.25) is 0 Å². The minimum Gasteiger partial charge on any atom is -0.508 e. The van der Waals surface area contributed by atoms with Gasteiger partial charge in [-0.25, -0.2) is 0 Å². The third kappa shape index (κ3) is 10.4. The van der Waals surface area contributed by atoms with Crippen LogP contribution in [0.15, 0.2) is 54.6 Å². The highest BCUT2D eigenvalue weighted by Crippen LogP contribution is 2.11. The molecule has 4 amide bonds. The van der Waals surface area contributed by atoms with Gasteiger partial charge in [0.2, 0.25) is 23.6 Å². The number of aromatic hydroxyl groups is 1. The summed E-state index contributed by atoms with van der Waals surface area (Å²) in [7, 11) is 0. The molecule has 3 atom stereocenters. The topological polar surface area (TPSA) is 214 Å². The number of benzene rings is 2. The molecule has 0 aliphatic rings. The van der Waals surface area contributed by atoms with E-state index in [0.717, 1.165) is 5.56 Å². The molecule has 0 aromatic heterocycles. The summed E-state index contributed by atoms with van der Waals surface area (Å²) in [4.78, 5) is 60.6. The molecule has 0 saturated carbocycles. The Bertz CT molecular complexity index is 1090. The number of phenolic OH excluding ortho intramolecular Hbond substituents is 1. The first-order valence-electron chi connectivity index (χ1n) is 11.5. The molecule has 0 aliphatic heterocycles. The van der Waals surface area contributed by atoms with Crippen LogP contribution in [0.1, 0.15) is 24.0 Å². The van der Waals surface area contributed by atoms with Crippen LogP contribution in [0.3, 0.4) is 0 Å². The fraction of sp³-hybridized carbons (Fsp3) is 0.320. The Kier molecular flexibility index (Phi) is 11.0. The predicted molar refractivity (Wildman–Crippen MR) is 133 cm³/mol. The van der Waals surface area contributed by atoms with Crippen LogP contribution in [0, 0.1) is 0 Å². The summed E-state index contributed by atoms with van der Waals surface area (Å²) in [6.07, 6.45) is -0.189. The molecule has 198 valence electrons. The van der Waals surface area contributed by atoms with Gasteiger partial charge in [-0.3, -0.25) is 24.0 Å². The lowest BCUT2D eigenvalue weighted by molar-refractivity contribution is -0.138. The molecular weight excluding hydrogens is 482 g/mol. The van der Waals surface area contributed by atoms with Crippen molar-refractivity contribution < 1.29 is 34.2 Å². The number of primary amides is 1. The van der Waals surface area contributed by atoms with Crippen molar-refractivity contribution in [2.45, 2.75) is 43.8 Å². The molecular formula is C25H31N5O7. The van der Waals surface area contributed by atoms with Gasteiger partial charge in [0.1, 0.15) is 24.4 Å². The van der Waals surface area contributed by atoms with Crippen LogP contribution in [-0.4, -0.2) is 64.5 Å². The molecule has 2 aromatic rings. The number of amides is 4. The standard InChI is InChI=1S/C25H31N5O7/c26-18(12-16-6-8-17(31)9-7-16)23(35)30-20(13-15-4-2-1-3-5-15)25(37)29-19(10-11-21(27)32)24(36)28-14-22(33)34/h1-9,18-20,31H,10-14,26H2,(H2,27,32)(H,28,36)(H,29,37)(H,30,35)(H,33,34). The van der Waals surface area contributed by atoms with Crippen LogP contribution >= 0.6 is 0 Å². The van der Waals surface area contributed by atoms with Crippen LogP contribution < -0.4 is 27.4 Å². The Morgan fingerprint density at radius 3 is 1.97 bits per heavy atom. The molecule has 12 heteroatoms. The molecule has 3 unspecified atom stereocenters. The fourth-order valence-electron chi connectivity index (χ4n) is 3.43. The SMILES string of the molecule is NC(=O)CCC(NC(=O)C(Cc1ccccc1)NC(=O)C(N)Cc1ccc(O)cc1)C(=O)NCC(=O)O.